The first-order valence-electron chi connectivity index (χ1n) is 7.11. The van der Waals surface area contributed by atoms with E-state index in [0.29, 0.717) is 18.0 Å². The van der Waals surface area contributed by atoms with Crippen LogP contribution in [0.3, 0.4) is 0 Å². The maximum absolute atomic E-state index is 11.0. The SMILES string of the molecule is Cc1csc(C(NCc2cccc(C(=O)O)c2)C2CC2)n1. The average Bonchev–Trinajstić information content (AvgIpc) is 3.21. The molecule has 2 N–H and O–H groups in total. The number of carboxylic acid groups (broad SMARTS) is 1. The quantitative estimate of drug-likeness (QED) is 0.858. The Kier molecular flexibility index (Phi) is 4.03. The van der Waals surface area contributed by atoms with Crippen molar-refractivity contribution in [2.24, 2.45) is 5.92 Å². The van der Waals surface area contributed by atoms with Gasteiger partial charge in [0.05, 0.1) is 11.6 Å². The van der Waals surface area contributed by atoms with Gasteiger partial charge in [-0.1, -0.05) is 12.1 Å². The van der Waals surface area contributed by atoms with Gasteiger partial charge in [-0.05, 0) is 43.4 Å². The van der Waals surface area contributed by atoms with E-state index >= 15 is 0 Å². The van der Waals surface area contributed by atoms with E-state index in [1.54, 1.807) is 29.5 Å². The van der Waals surface area contributed by atoms with Crippen LogP contribution in [0, 0.1) is 12.8 Å². The Hall–Kier alpha value is -1.72. The summed E-state index contributed by atoms with van der Waals surface area (Å²) < 4.78 is 0. The fourth-order valence-electron chi connectivity index (χ4n) is 2.44. The smallest absolute Gasteiger partial charge is 0.335 e. The molecule has 1 aromatic heterocycles. The summed E-state index contributed by atoms with van der Waals surface area (Å²) in [7, 11) is 0. The van der Waals surface area contributed by atoms with E-state index in [9.17, 15) is 4.79 Å². The maximum Gasteiger partial charge on any atom is 0.335 e. The van der Waals surface area contributed by atoms with Gasteiger partial charge in [0.15, 0.2) is 0 Å². The molecule has 1 fully saturated rings. The van der Waals surface area contributed by atoms with Gasteiger partial charge >= 0.3 is 5.97 Å². The molecular formula is C16H18N2O2S. The van der Waals surface area contributed by atoms with Crippen molar-refractivity contribution in [3.63, 3.8) is 0 Å². The first kappa shape index (κ1) is 14.2. The summed E-state index contributed by atoms with van der Waals surface area (Å²) in [5.41, 5.74) is 2.39. The van der Waals surface area contributed by atoms with Crippen LogP contribution in [0.15, 0.2) is 29.6 Å². The van der Waals surface area contributed by atoms with Gasteiger partial charge in [-0.15, -0.1) is 11.3 Å². The Morgan fingerprint density at radius 2 is 2.33 bits per heavy atom. The average molecular weight is 302 g/mol. The van der Waals surface area contributed by atoms with E-state index in [1.807, 2.05) is 13.0 Å². The highest BCUT2D eigenvalue weighted by molar-refractivity contribution is 7.09. The minimum Gasteiger partial charge on any atom is -0.478 e. The monoisotopic (exact) mass is 302 g/mol. The van der Waals surface area contributed by atoms with Gasteiger partial charge in [-0.2, -0.15) is 0 Å². The third-order valence-corrected chi connectivity index (χ3v) is 4.74. The highest BCUT2D eigenvalue weighted by atomic mass is 32.1. The van der Waals surface area contributed by atoms with Crippen molar-refractivity contribution >= 4 is 17.3 Å². The molecule has 0 radical (unpaired) electrons. The summed E-state index contributed by atoms with van der Waals surface area (Å²) in [6.07, 6.45) is 2.48. The lowest BCUT2D eigenvalue weighted by Gasteiger charge is -2.16. The van der Waals surface area contributed by atoms with Crippen LogP contribution in [0.25, 0.3) is 0 Å². The molecule has 3 rings (SSSR count). The molecular weight excluding hydrogens is 284 g/mol. The second-order valence-corrected chi connectivity index (χ2v) is 6.42. The highest BCUT2D eigenvalue weighted by Crippen LogP contribution is 2.41. The Morgan fingerprint density at radius 3 is 2.95 bits per heavy atom. The van der Waals surface area contributed by atoms with Crippen molar-refractivity contribution in [2.75, 3.05) is 0 Å². The number of carboxylic acids is 1. The maximum atomic E-state index is 11.0. The van der Waals surface area contributed by atoms with Gasteiger partial charge in [-0.25, -0.2) is 9.78 Å². The van der Waals surface area contributed by atoms with Gasteiger partial charge in [0, 0.05) is 17.6 Å². The molecule has 0 bridgehead atoms. The summed E-state index contributed by atoms with van der Waals surface area (Å²) in [4.78, 5) is 15.6. The minimum atomic E-state index is -0.883. The van der Waals surface area contributed by atoms with Crippen molar-refractivity contribution in [3.05, 3.63) is 51.5 Å². The molecule has 21 heavy (non-hydrogen) atoms. The van der Waals surface area contributed by atoms with E-state index in [2.05, 4.69) is 15.7 Å². The van der Waals surface area contributed by atoms with Crippen LogP contribution in [-0.2, 0) is 6.54 Å². The molecule has 1 aromatic carbocycles. The normalized spacial score (nSPS) is 15.9. The first-order chi connectivity index (χ1) is 10.1. The number of aryl methyl sites for hydroxylation is 1. The third kappa shape index (κ3) is 3.49. The number of hydrogen-bond donors (Lipinski definition) is 2. The lowest BCUT2D eigenvalue weighted by Crippen LogP contribution is -2.22. The molecule has 0 saturated heterocycles. The Labute approximate surface area is 127 Å². The number of carbonyl (C=O) groups is 1. The summed E-state index contributed by atoms with van der Waals surface area (Å²) in [5.74, 6) is -0.218. The molecule has 1 atom stereocenters. The molecule has 5 heteroatoms. The van der Waals surface area contributed by atoms with E-state index in [4.69, 9.17) is 5.11 Å². The van der Waals surface area contributed by atoms with Crippen LogP contribution in [0.1, 0.15) is 45.5 Å². The zero-order valence-electron chi connectivity index (χ0n) is 11.9. The van der Waals surface area contributed by atoms with Gasteiger partial charge in [0.2, 0.25) is 0 Å². The summed E-state index contributed by atoms with van der Waals surface area (Å²) >= 11 is 1.70. The number of aromatic carboxylic acids is 1. The number of hydrogen-bond acceptors (Lipinski definition) is 4. The van der Waals surface area contributed by atoms with Crippen LogP contribution >= 0.6 is 11.3 Å². The number of thiazole rings is 1. The fraction of sp³-hybridized carbons (Fsp3) is 0.375. The van der Waals surface area contributed by atoms with Gasteiger partial charge in [-0.3, -0.25) is 0 Å². The van der Waals surface area contributed by atoms with Crippen molar-refractivity contribution in [1.29, 1.82) is 0 Å². The molecule has 2 aromatic rings. The van der Waals surface area contributed by atoms with Gasteiger partial charge in [0.25, 0.3) is 0 Å². The molecule has 0 spiro atoms. The topological polar surface area (TPSA) is 62.2 Å². The third-order valence-electron chi connectivity index (χ3n) is 3.70. The fourth-order valence-corrected chi connectivity index (χ4v) is 3.41. The zero-order chi connectivity index (χ0) is 14.8. The van der Waals surface area contributed by atoms with Crippen molar-refractivity contribution < 1.29 is 9.90 Å². The highest BCUT2D eigenvalue weighted by Gasteiger charge is 2.33. The van der Waals surface area contributed by atoms with Gasteiger partial charge in [0.1, 0.15) is 5.01 Å². The number of aromatic nitrogens is 1. The van der Waals surface area contributed by atoms with Crippen LogP contribution < -0.4 is 5.32 Å². The molecule has 0 amide bonds. The van der Waals surface area contributed by atoms with Crippen molar-refractivity contribution in [2.45, 2.75) is 32.4 Å². The van der Waals surface area contributed by atoms with Crippen molar-refractivity contribution in [3.8, 4) is 0 Å². The van der Waals surface area contributed by atoms with E-state index in [-0.39, 0.29) is 6.04 Å². The van der Waals surface area contributed by atoms with E-state index in [1.165, 1.54) is 12.8 Å². The molecule has 1 aliphatic carbocycles. The van der Waals surface area contributed by atoms with Crippen LogP contribution in [0.4, 0.5) is 0 Å². The second-order valence-electron chi connectivity index (χ2n) is 5.53. The molecule has 0 aliphatic heterocycles. The number of nitrogens with zero attached hydrogens (tertiary/aromatic N) is 1. The second kappa shape index (κ2) is 5.95. The standard InChI is InChI=1S/C16H18N2O2S/c1-10-9-21-15(18-10)14(12-5-6-12)17-8-11-3-2-4-13(7-11)16(19)20/h2-4,7,9,12,14,17H,5-6,8H2,1H3,(H,19,20). The Morgan fingerprint density at radius 1 is 1.52 bits per heavy atom. The molecule has 1 aliphatic rings. The number of nitrogens with one attached hydrogen (secondary N) is 1. The number of benzene rings is 1. The first-order valence-corrected chi connectivity index (χ1v) is 7.99. The summed E-state index contributed by atoms with van der Waals surface area (Å²) in [6.45, 7) is 2.68. The molecule has 1 saturated carbocycles. The molecule has 1 heterocycles. The summed E-state index contributed by atoms with van der Waals surface area (Å²) in [6, 6.07) is 7.38. The molecule has 4 nitrogen and oxygen atoms in total. The molecule has 1 unspecified atom stereocenters. The van der Waals surface area contributed by atoms with Crippen LogP contribution in [-0.4, -0.2) is 16.1 Å². The van der Waals surface area contributed by atoms with Crippen LogP contribution in [0.5, 0.6) is 0 Å². The number of rotatable bonds is 6. The van der Waals surface area contributed by atoms with E-state index < -0.39 is 5.97 Å². The Bertz CT molecular complexity index is 649. The lowest BCUT2D eigenvalue weighted by molar-refractivity contribution is 0.0696. The lowest BCUT2D eigenvalue weighted by atomic mass is 10.1. The zero-order valence-corrected chi connectivity index (χ0v) is 12.7. The minimum absolute atomic E-state index is 0.289. The van der Waals surface area contributed by atoms with Crippen LogP contribution in [0.2, 0.25) is 0 Å². The predicted octanol–water partition coefficient (Wildman–Crippen LogP) is 3.39. The Balaban J connectivity index is 1.70. The van der Waals surface area contributed by atoms with E-state index in [0.717, 1.165) is 16.3 Å². The summed E-state index contributed by atoms with van der Waals surface area (Å²) in [5, 5.41) is 15.8. The van der Waals surface area contributed by atoms with Crippen molar-refractivity contribution in [1.82, 2.24) is 10.3 Å². The predicted molar refractivity (Wildman–Crippen MR) is 82.6 cm³/mol. The largest absolute Gasteiger partial charge is 0.478 e. The molecule has 110 valence electrons. The van der Waals surface area contributed by atoms with Gasteiger partial charge < -0.3 is 10.4 Å².